The highest BCUT2D eigenvalue weighted by Crippen LogP contribution is 2.21. The van der Waals surface area contributed by atoms with Crippen LogP contribution in [0, 0.1) is 11.8 Å². The molecule has 1 fully saturated rings. The number of nitrogens with two attached hydrogens (primary N) is 1. The van der Waals surface area contributed by atoms with E-state index < -0.39 is 0 Å². The lowest BCUT2D eigenvalue weighted by Crippen LogP contribution is -2.41. The van der Waals surface area contributed by atoms with Gasteiger partial charge in [-0.3, -0.25) is 4.79 Å². The van der Waals surface area contributed by atoms with Gasteiger partial charge in [0.15, 0.2) is 0 Å². The van der Waals surface area contributed by atoms with E-state index in [0.717, 1.165) is 25.1 Å². The van der Waals surface area contributed by atoms with Gasteiger partial charge in [0, 0.05) is 18.9 Å². The van der Waals surface area contributed by atoms with Crippen molar-refractivity contribution >= 4 is 17.5 Å². The van der Waals surface area contributed by atoms with Gasteiger partial charge in [0.05, 0.1) is 5.71 Å². The zero-order valence-electron chi connectivity index (χ0n) is 12.0. The van der Waals surface area contributed by atoms with Crippen LogP contribution in [-0.4, -0.2) is 24.0 Å². The van der Waals surface area contributed by atoms with E-state index in [4.69, 9.17) is 5.73 Å². The number of rotatable bonds is 5. The topological polar surface area (TPSA) is 79.8 Å². The highest BCUT2D eigenvalue weighted by atomic mass is 16.1. The summed E-state index contributed by atoms with van der Waals surface area (Å²) in [7, 11) is 0. The van der Waals surface area contributed by atoms with Crippen molar-refractivity contribution in [3.8, 4) is 0 Å². The molecule has 1 rings (SSSR count). The second-order valence-corrected chi connectivity index (χ2v) is 5.13. The summed E-state index contributed by atoms with van der Waals surface area (Å²) >= 11 is 0. The van der Waals surface area contributed by atoms with Gasteiger partial charge >= 0.3 is 0 Å². The monoisotopic (exact) mass is 264 g/mol. The molecule has 1 aliphatic rings. The first-order valence-corrected chi connectivity index (χ1v) is 6.83. The third-order valence-corrected chi connectivity index (χ3v) is 3.02. The van der Waals surface area contributed by atoms with Gasteiger partial charge in [-0.2, -0.15) is 5.10 Å². The molecule has 0 radical (unpaired) electrons. The molecular formula is C14H24N4O. The number of amides is 1. The van der Waals surface area contributed by atoms with Crippen LogP contribution in [0.25, 0.3) is 0 Å². The number of hydrogen-bond donors (Lipinski definition) is 2. The van der Waals surface area contributed by atoms with E-state index in [0.29, 0.717) is 18.2 Å². The first-order valence-electron chi connectivity index (χ1n) is 6.83. The van der Waals surface area contributed by atoms with Gasteiger partial charge in [0.2, 0.25) is 5.91 Å². The summed E-state index contributed by atoms with van der Waals surface area (Å²) in [5.74, 6) is 1.03. The van der Waals surface area contributed by atoms with Crippen LogP contribution in [0.4, 0.5) is 0 Å². The number of carbonyl (C=O) groups excluding carboxylic acids is 1. The molecule has 0 spiro atoms. The average molecular weight is 264 g/mol. The molecule has 0 saturated carbocycles. The van der Waals surface area contributed by atoms with Gasteiger partial charge in [-0.1, -0.05) is 19.9 Å². The van der Waals surface area contributed by atoms with E-state index in [-0.39, 0.29) is 11.8 Å². The zero-order chi connectivity index (χ0) is 14.3. The number of piperidine rings is 1. The van der Waals surface area contributed by atoms with E-state index in [9.17, 15) is 4.79 Å². The maximum absolute atomic E-state index is 11.8. The van der Waals surface area contributed by atoms with Gasteiger partial charge < -0.3 is 11.1 Å². The van der Waals surface area contributed by atoms with Crippen molar-refractivity contribution < 1.29 is 4.79 Å². The highest BCUT2D eigenvalue weighted by molar-refractivity contribution is 5.98. The first kappa shape index (κ1) is 15.4. The second kappa shape index (κ2) is 7.71. The number of amidine groups is 1. The third kappa shape index (κ3) is 5.68. The van der Waals surface area contributed by atoms with Crippen LogP contribution < -0.4 is 11.1 Å². The molecule has 0 aromatic rings. The molecule has 19 heavy (non-hydrogen) atoms. The van der Waals surface area contributed by atoms with Crippen molar-refractivity contribution in [3.63, 3.8) is 0 Å². The molecule has 0 aliphatic carbocycles. The molecule has 5 heteroatoms. The number of carbonyl (C=O) groups is 1. The largest absolute Gasteiger partial charge is 0.386 e. The van der Waals surface area contributed by atoms with E-state index in [2.05, 4.69) is 29.4 Å². The molecule has 2 unspecified atom stereocenters. The molecule has 1 aliphatic heterocycles. The van der Waals surface area contributed by atoms with Crippen LogP contribution in [0.15, 0.2) is 22.4 Å². The van der Waals surface area contributed by atoms with E-state index in [1.54, 1.807) is 6.92 Å². The summed E-state index contributed by atoms with van der Waals surface area (Å²) in [5.41, 5.74) is 6.30. The summed E-state index contributed by atoms with van der Waals surface area (Å²) in [6.45, 7) is 6.67. The van der Waals surface area contributed by atoms with Gasteiger partial charge in [-0.05, 0) is 31.8 Å². The molecule has 5 nitrogen and oxygen atoms in total. The third-order valence-electron chi connectivity index (χ3n) is 3.02. The highest BCUT2D eigenvalue weighted by Gasteiger charge is 2.26. The van der Waals surface area contributed by atoms with Crippen LogP contribution in [0.1, 0.15) is 40.0 Å². The minimum absolute atomic E-state index is 0.0164. The van der Waals surface area contributed by atoms with Crippen LogP contribution >= 0.6 is 0 Å². The Balaban J connectivity index is 2.76. The second-order valence-electron chi connectivity index (χ2n) is 5.13. The molecular weight excluding hydrogens is 240 g/mol. The van der Waals surface area contributed by atoms with Gasteiger partial charge in [-0.15, -0.1) is 5.10 Å². The van der Waals surface area contributed by atoms with E-state index in [1.807, 2.05) is 12.2 Å². The Morgan fingerprint density at radius 1 is 1.53 bits per heavy atom. The number of nitrogens with one attached hydrogen (secondary N) is 1. The number of nitrogens with zero attached hydrogens (tertiary/aromatic N) is 2. The molecule has 2 atom stereocenters. The maximum Gasteiger partial charge on any atom is 0.223 e. The van der Waals surface area contributed by atoms with Gasteiger partial charge in [0.25, 0.3) is 0 Å². The van der Waals surface area contributed by atoms with Crippen LogP contribution in [0.2, 0.25) is 0 Å². The fraction of sp³-hybridized carbons (Fsp3) is 0.643. The Hall–Kier alpha value is -1.65. The minimum Gasteiger partial charge on any atom is -0.386 e. The molecule has 106 valence electrons. The van der Waals surface area contributed by atoms with Crippen molar-refractivity contribution in [2.75, 3.05) is 6.54 Å². The summed E-state index contributed by atoms with van der Waals surface area (Å²) in [4.78, 5) is 11.8. The fourth-order valence-electron chi connectivity index (χ4n) is 2.06. The predicted molar refractivity (Wildman–Crippen MR) is 79.1 cm³/mol. The lowest BCUT2D eigenvalue weighted by Gasteiger charge is -2.26. The maximum atomic E-state index is 11.8. The van der Waals surface area contributed by atoms with Gasteiger partial charge in [-0.25, -0.2) is 0 Å². The fourth-order valence-corrected chi connectivity index (χ4v) is 2.06. The smallest absolute Gasteiger partial charge is 0.223 e. The summed E-state index contributed by atoms with van der Waals surface area (Å²) in [6, 6.07) is 0. The first-order chi connectivity index (χ1) is 9.02. The average Bonchev–Trinajstić information content (AvgIpc) is 2.36. The predicted octanol–water partition coefficient (Wildman–Crippen LogP) is 1.85. The van der Waals surface area contributed by atoms with Crippen LogP contribution in [0.3, 0.4) is 0 Å². The molecule has 0 aromatic carbocycles. The van der Waals surface area contributed by atoms with Gasteiger partial charge in [0.1, 0.15) is 5.84 Å². The lowest BCUT2D eigenvalue weighted by molar-refractivity contribution is -0.127. The zero-order valence-corrected chi connectivity index (χ0v) is 12.0. The summed E-state index contributed by atoms with van der Waals surface area (Å²) in [5, 5.41) is 10.9. The lowest BCUT2D eigenvalue weighted by atomic mass is 9.87. The standard InChI is InChI=1S/C14H24N4O/c1-4-5-6-13(18-17-11(3)15)8-12-7-10(2)9-16-14(12)19/h5-6,10,12H,4,7-9H2,1-3H3,(H2,15,17)(H,16,19)/b6-5+,18-13+. The van der Waals surface area contributed by atoms with Crippen LogP contribution in [-0.2, 0) is 4.79 Å². The normalized spacial score (nSPS) is 25.7. The Kier molecular flexibility index (Phi) is 6.25. The number of allylic oxidation sites excluding steroid dienone is 2. The van der Waals surface area contributed by atoms with Crippen molar-refractivity contribution in [2.24, 2.45) is 27.8 Å². The van der Waals surface area contributed by atoms with Crippen molar-refractivity contribution in [2.45, 2.75) is 40.0 Å². The Bertz CT molecular complexity index is 394. The van der Waals surface area contributed by atoms with Crippen LogP contribution in [0.5, 0.6) is 0 Å². The molecule has 0 aromatic heterocycles. The van der Waals surface area contributed by atoms with Crippen molar-refractivity contribution in [3.05, 3.63) is 12.2 Å². The molecule has 0 bridgehead atoms. The van der Waals surface area contributed by atoms with Crippen molar-refractivity contribution in [1.29, 1.82) is 0 Å². The quantitative estimate of drug-likeness (QED) is 0.451. The Morgan fingerprint density at radius 2 is 2.26 bits per heavy atom. The van der Waals surface area contributed by atoms with E-state index in [1.165, 1.54) is 0 Å². The summed E-state index contributed by atoms with van der Waals surface area (Å²) < 4.78 is 0. The SMILES string of the molecule is CC/C=C/C(CC1CC(C)CNC1=O)=N\N=C(/C)N. The molecule has 1 amide bonds. The van der Waals surface area contributed by atoms with E-state index >= 15 is 0 Å². The summed E-state index contributed by atoms with van der Waals surface area (Å²) in [6.07, 6.45) is 6.39. The minimum atomic E-state index is -0.0164. The number of hydrogen-bond acceptors (Lipinski definition) is 3. The molecule has 1 saturated heterocycles. The van der Waals surface area contributed by atoms with Crippen molar-refractivity contribution in [1.82, 2.24) is 5.32 Å². The Labute approximate surface area is 115 Å². The molecule has 1 heterocycles. The molecule has 3 N–H and O–H groups in total. The Morgan fingerprint density at radius 3 is 2.89 bits per heavy atom.